The van der Waals surface area contributed by atoms with Gasteiger partial charge in [0.05, 0.1) is 0 Å². The highest BCUT2D eigenvalue weighted by atomic mass is 19.3. The minimum Gasteiger partial charge on any atom is -0.486 e. The van der Waals surface area contributed by atoms with Crippen molar-refractivity contribution in [3.8, 4) is 11.5 Å². The van der Waals surface area contributed by atoms with Crippen LogP contribution in [-0.2, 0) is 0 Å². The molecule has 1 saturated heterocycles. The fourth-order valence-corrected chi connectivity index (χ4v) is 3.24. The fraction of sp³-hybridized carbons (Fsp3) is 0.600. The molecule has 2 unspecified atom stereocenters. The zero-order chi connectivity index (χ0) is 15.0. The number of ether oxygens (including phenoxy) is 2. The third-order valence-corrected chi connectivity index (χ3v) is 4.31. The van der Waals surface area contributed by atoms with E-state index < -0.39 is 6.43 Å². The first-order valence-corrected chi connectivity index (χ1v) is 7.22. The molecule has 2 aliphatic heterocycles. The molecule has 1 fully saturated rings. The molecule has 4 nitrogen and oxygen atoms in total. The highest BCUT2D eigenvalue weighted by Gasteiger charge is 2.34. The van der Waals surface area contributed by atoms with E-state index in [-0.39, 0.29) is 11.6 Å². The van der Waals surface area contributed by atoms with E-state index in [2.05, 4.69) is 4.90 Å². The van der Waals surface area contributed by atoms with Crippen LogP contribution < -0.4 is 15.2 Å². The zero-order valence-corrected chi connectivity index (χ0v) is 12.0. The van der Waals surface area contributed by atoms with Crippen LogP contribution in [0.4, 0.5) is 8.78 Å². The first-order chi connectivity index (χ1) is 10.1. The van der Waals surface area contributed by atoms with Crippen LogP contribution in [0.1, 0.15) is 30.0 Å². The molecule has 2 atom stereocenters. The first-order valence-electron chi connectivity index (χ1n) is 7.22. The maximum atomic E-state index is 13.4. The summed E-state index contributed by atoms with van der Waals surface area (Å²) in [6.45, 7) is 2.26. The lowest BCUT2D eigenvalue weighted by atomic mass is 9.95. The molecule has 21 heavy (non-hydrogen) atoms. The SMILES string of the molecule is CN1CC(CN)CC1c1cc2c(cc1C(F)F)OCCO2. The van der Waals surface area contributed by atoms with Gasteiger partial charge < -0.3 is 15.2 Å². The number of hydrogen-bond donors (Lipinski definition) is 1. The lowest BCUT2D eigenvalue weighted by molar-refractivity contribution is 0.143. The number of likely N-dealkylation sites (tertiary alicyclic amines) is 1. The molecule has 0 aromatic heterocycles. The Balaban J connectivity index is 2.00. The van der Waals surface area contributed by atoms with E-state index in [4.69, 9.17) is 15.2 Å². The molecule has 116 valence electrons. The molecular formula is C15H20F2N2O2. The van der Waals surface area contributed by atoms with Crippen LogP contribution in [-0.4, -0.2) is 38.3 Å². The smallest absolute Gasteiger partial charge is 0.264 e. The molecule has 2 aliphatic rings. The molecule has 0 amide bonds. The molecule has 1 aromatic rings. The van der Waals surface area contributed by atoms with E-state index >= 15 is 0 Å². The second-order valence-electron chi connectivity index (χ2n) is 5.72. The summed E-state index contributed by atoms with van der Waals surface area (Å²) in [5.74, 6) is 1.32. The van der Waals surface area contributed by atoms with Gasteiger partial charge in [-0.3, -0.25) is 4.90 Å². The van der Waals surface area contributed by atoms with Gasteiger partial charge in [-0.15, -0.1) is 0 Å². The van der Waals surface area contributed by atoms with Gasteiger partial charge in [-0.1, -0.05) is 0 Å². The summed E-state index contributed by atoms with van der Waals surface area (Å²) in [6, 6.07) is 3.10. The lowest BCUT2D eigenvalue weighted by Crippen LogP contribution is -2.22. The number of nitrogens with zero attached hydrogens (tertiary/aromatic N) is 1. The van der Waals surface area contributed by atoms with E-state index in [0.29, 0.717) is 42.7 Å². The highest BCUT2D eigenvalue weighted by molar-refractivity contribution is 5.50. The molecule has 2 heterocycles. The third-order valence-electron chi connectivity index (χ3n) is 4.31. The number of halogens is 2. The van der Waals surface area contributed by atoms with Crippen molar-refractivity contribution in [2.24, 2.45) is 11.7 Å². The Morgan fingerprint density at radius 3 is 2.52 bits per heavy atom. The Bertz CT molecular complexity index is 525. The van der Waals surface area contributed by atoms with Gasteiger partial charge in [0.15, 0.2) is 11.5 Å². The molecule has 0 radical (unpaired) electrons. The van der Waals surface area contributed by atoms with Crippen molar-refractivity contribution < 1.29 is 18.3 Å². The van der Waals surface area contributed by atoms with E-state index in [1.807, 2.05) is 7.05 Å². The van der Waals surface area contributed by atoms with Crippen LogP contribution in [0, 0.1) is 5.92 Å². The Labute approximate surface area is 122 Å². The van der Waals surface area contributed by atoms with Gasteiger partial charge in [-0.25, -0.2) is 8.78 Å². The zero-order valence-electron chi connectivity index (χ0n) is 12.0. The van der Waals surface area contributed by atoms with Gasteiger partial charge in [0, 0.05) is 18.2 Å². The summed E-state index contributed by atoms with van der Waals surface area (Å²) in [6.07, 6.45) is -1.73. The highest BCUT2D eigenvalue weighted by Crippen LogP contribution is 2.43. The molecule has 0 bridgehead atoms. The van der Waals surface area contributed by atoms with Gasteiger partial charge in [0.25, 0.3) is 6.43 Å². The van der Waals surface area contributed by atoms with Crippen LogP contribution in [0.25, 0.3) is 0 Å². The predicted octanol–water partition coefficient (Wildman–Crippen LogP) is 2.35. The van der Waals surface area contributed by atoms with Crippen molar-refractivity contribution >= 4 is 0 Å². The van der Waals surface area contributed by atoms with Crippen LogP contribution in [0.2, 0.25) is 0 Å². The van der Waals surface area contributed by atoms with Gasteiger partial charge in [-0.05, 0) is 43.6 Å². The van der Waals surface area contributed by atoms with Crippen molar-refractivity contribution in [2.75, 3.05) is 33.4 Å². The Morgan fingerprint density at radius 1 is 1.29 bits per heavy atom. The van der Waals surface area contributed by atoms with E-state index in [1.54, 1.807) is 6.07 Å². The van der Waals surface area contributed by atoms with Crippen LogP contribution >= 0.6 is 0 Å². The first kappa shape index (κ1) is 14.5. The van der Waals surface area contributed by atoms with Crippen LogP contribution in [0.5, 0.6) is 11.5 Å². The third kappa shape index (κ3) is 2.70. The molecule has 3 rings (SSSR count). The molecule has 2 N–H and O–H groups in total. The standard InChI is InChI=1S/C15H20F2N2O2/c1-19-8-9(7-18)4-12(19)10-5-13-14(21-3-2-20-13)6-11(10)15(16)17/h5-6,9,12,15H,2-4,7-8,18H2,1H3. The largest absolute Gasteiger partial charge is 0.486 e. The maximum absolute atomic E-state index is 13.4. The van der Waals surface area contributed by atoms with E-state index in [9.17, 15) is 8.78 Å². The average molecular weight is 298 g/mol. The number of benzene rings is 1. The Morgan fingerprint density at radius 2 is 1.95 bits per heavy atom. The van der Waals surface area contributed by atoms with Gasteiger partial charge in [0.1, 0.15) is 13.2 Å². The minimum absolute atomic E-state index is 0.0359. The van der Waals surface area contributed by atoms with Crippen molar-refractivity contribution in [1.82, 2.24) is 4.90 Å². The number of fused-ring (bicyclic) bond motifs is 1. The number of hydrogen-bond acceptors (Lipinski definition) is 4. The summed E-state index contributed by atoms with van der Waals surface area (Å²) in [4.78, 5) is 2.09. The molecular weight excluding hydrogens is 278 g/mol. The number of rotatable bonds is 3. The fourth-order valence-electron chi connectivity index (χ4n) is 3.24. The Kier molecular flexibility index (Phi) is 3.99. The Hall–Kier alpha value is -1.40. The normalized spacial score (nSPS) is 25.6. The van der Waals surface area contributed by atoms with Crippen molar-refractivity contribution in [2.45, 2.75) is 18.9 Å². The summed E-state index contributed by atoms with van der Waals surface area (Å²) >= 11 is 0. The lowest BCUT2D eigenvalue weighted by Gasteiger charge is -2.26. The minimum atomic E-state index is -2.53. The quantitative estimate of drug-likeness (QED) is 0.930. The maximum Gasteiger partial charge on any atom is 0.264 e. The average Bonchev–Trinajstić information content (AvgIpc) is 2.87. The second kappa shape index (κ2) is 5.77. The molecule has 0 spiro atoms. The predicted molar refractivity (Wildman–Crippen MR) is 74.9 cm³/mol. The van der Waals surface area contributed by atoms with Gasteiger partial charge in [-0.2, -0.15) is 0 Å². The van der Waals surface area contributed by atoms with Crippen LogP contribution in [0.3, 0.4) is 0 Å². The summed E-state index contributed by atoms with van der Waals surface area (Å²) < 4.78 is 37.8. The van der Waals surface area contributed by atoms with Crippen molar-refractivity contribution in [1.29, 1.82) is 0 Å². The number of nitrogens with two attached hydrogens (primary N) is 1. The molecule has 6 heteroatoms. The molecule has 0 aliphatic carbocycles. The van der Waals surface area contributed by atoms with Gasteiger partial charge in [0.2, 0.25) is 0 Å². The van der Waals surface area contributed by atoms with Crippen molar-refractivity contribution in [3.63, 3.8) is 0 Å². The molecule has 1 aromatic carbocycles. The summed E-state index contributed by atoms with van der Waals surface area (Å²) in [5, 5.41) is 0. The van der Waals surface area contributed by atoms with Gasteiger partial charge >= 0.3 is 0 Å². The summed E-state index contributed by atoms with van der Waals surface area (Å²) in [5.41, 5.74) is 6.39. The monoisotopic (exact) mass is 298 g/mol. The van der Waals surface area contributed by atoms with Crippen molar-refractivity contribution in [3.05, 3.63) is 23.3 Å². The molecule has 0 saturated carbocycles. The topological polar surface area (TPSA) is 47.7 Å². The van der Waals surface area contributed by atoms with E-state index in [1.165, 1.54) is 6.07 Å². The second-order valence-corrected chi connectivity index (χ2v) is 5.72. The van der Waals surface area contributed by atoms with E-state index in [0.717, 1.165) is 13.0 Å². The van der Waals surface area contributed by atoms with Crippen LogP contribution in [0.15, 0.2) is 12.1 Å². The summed E-state index contributed by atoms with van der Waals surface area (Å²) in [7, 11) is 1.95. The number of alkyl halides is 2.